The molecular formula is C31H36N8O. The Kier molecular flexibility index (Phi) is 5.52. The number of para-hydroxylation sites is 1. The van der Waals surface area contributed by atoms with Crippen molar-refractivity contribution in [2.24, 2.45) is 5.41 Å². The molecule has 4 aromatic rings. The average Bonchev–Trinajstić information content (AvgIpc) is 3.31. The van der Waals surface area contributed by atoms with Crippen LogP contribution in [0.25, 0.3) is 22.3 Å². The summed E-state index contributed by atoms with van der Waals surface area (Å²) in [6.07, 6.45) is 12.1. The molecule has 4 aliphatic rings. The third-order valence-electron chi connectivity index (χ3n) is 10.2. The van der Waals surface area contributed by atoms with Crippen molar-refractivity contribution in [2.45, 2.75) is 57.5 Å². The number of phenols is 1. The van der Waals surface area contributed by atoms with E-state index in [0.717, 1.165) is 73.3 Å². The number of nitrogens with zero attached hydrogens (tertiary/aromatic N) is 7. The van der Waals surface area contributed by atoms with Crippen LogP contribution >= 0.6 is 0 Å². The Labute approximate surface area is 234 Å². The molecule has 2 aliphatic heterocycles. The maximum absolute atomic E-state index is 10.4. The lowest BCUT2D eigenvalue weighted by atomic mass is 9.54. The van der Waals surface area contributed by atoms with Crippen LogP contribution in [0, 0.1) is 5.41 Å². The fraction of sp³-hybridized carbons (Fsp3) is 0.484. The zero-order chi connectivity index (χ0) is 26.8. The van der Waals surface area contributed by atoms with E-state index in [1.807, 2.05) is 36.7 Å². The summed E-state index contributed by atoms with van der Waals surface area (Å²) in [6.45, 7) is 7.41. The fourth-order valence-corrected chi connectivity index (χ4v) is 7.67. The minimum absolute atomic E-state index is 0.0785. The highest BCUT2D eigenvalue weighted by atomic mass is 16.3. The Hall–Kier alpha value is -3.72. The van der Waals surface area contributed by atoms with E-state index in [9.17, 15) is 5.11 Å². The monoisotopic (exact) mass is 536 g/mol. The Balaban J connectivity index is 0.980. The summed E-state index contributed by atoms with van der Waals surface area (Å²) >= 11 is 0. The van der Waals surface area contributed by atoms with Gasteiger partial charge in [0.15, 0.2) is 5.65 Å². The zero-order valence-corrected chi connectivity index (χ0v) is 23.1. The quantitative estimate of drug-likeness (QED) is 0.388. The van der Waals surface area contributed by atoms with Crippen LogP contribution in [-0.4, -0.2) is 73.9 Å². The van der Waals surface area contributed by atoms with Crippen LogP contribution < -0.4 is 9.80 Å². The van der Waals surface area contributed by atoms with E-state index in [2.05, 4.69) is 36.8 Å². The first kappa shape index (κ1) is 24.1. The fourth-order valence-electron chi connectivity index (χ4n) is 7.67. The molecule has 0 unspecified atom stereocenters. The van der Waals surface area contributed by atoms with Gasteiger partial charge < -0.3 is 19.9 Å². The highest BCUT2D eigenvalue weighted by Crippen LogP contribution is 2.57. The summed E-state index contributed by atoms with van der Waals surface area (Å²) in [6, 6.07) is 10.2. The number of aromatic amines is 1. The third kappa shape index (κ3) is 3.85. The molecule has 2 N–H and O–H groups in total. The van der Waals surface area contributed by atoms with Gasteiger partial charge in [0.05, 0.1) is 29.8 Å². The first-order valence-electron chi connectivity index (χ1n) is 14.8. The summed E-state index contributed by atoms with van der Waals surface area (Å²) in [5.41, 5.74) is 6.37. The minimum atomic E-state index is 0.0785. The van der Waals surface area contributed by atoms with Gasteiger partial charge in [-0.25, -0.2) is 9.97 Å². The molecule has 0 bridgehead atoms. The molecule has 1 atom stereocenters. The van der Waals surface area contributed by atoms with Gasteiger partial charge in [0.1, 0.15) is 5.75 Å². The van der Waals surface area contributed by atoms with Crippen LogP contribution in [0.5, 0.6) is 5.75 Å². The molecule has 2 aliphatic carbocycles. The zero-order valence-electron chi connectivity index (χ0n) is 23.1. The van der Waals surface area contributed by atoms with Crippen molar-refractivity contribution in [3.63, 3.8) is 0 Å². The molecule has 206 valence electrons. The van der Waals surface area contributed by atoms with Crippen LogP contribution in [-0.2, 0) is 6.42 Å². The van der Waals surface area contributed by atoms with Gasteiger partial charge in [0.2, 0.25) is 5.95 Å². The van der Waals surface area contributed by atoms with Crippen LogP contribution in [0.3, 0.4) is 0 Å². The maximum Gasteiger partial charge on any atom is 0.225 e. The van der Waals surface area contributed by atoms with Gasteiger partial charge in [-0.1, -0.05) is 18.6 Å². The van der Waals surface area contributed by atoms with Gasteiger partial charge in [0, 0.05) is 67.4 Å². The standard InChI is InChI=1S/C31H36N8O/c1-20-28-24-15-26(23-5-2-3-6-27(23)40)35-36-29(24)34-25(28)7-10-39(20)30-32-18-22(19-33-30)38-13-11-37(12-14-38)21-16-31(17-21)8-4-9-31/h2-3,5-6,15,18-21,40H,4,7-14,16-17H2,1H3,(H,34,36)/t20-/m1/s1. The Morgan fingerprint density at radius 3 is 2.48 bits per heavy atom. The number of nitrogens with one attached hydrogen (secondary N) is 1. The summed E-state index contributed by atoms with van der Waals surface area (Å²) in [5, 5.41) is 20.2. The lowest BCUT2D eigenvalue weighted by Gasteiger charge is -2.58. The van der Waals surface area contributed by atoms with E-state index in [-0.39, 0.29) is 11.8 Å². The number of rotatable bonds is 4. The number of fused-ring (bicyclic) bond motifs is 3. The number of hydrogen-bond acceptors (Lipinski definition) is 8. The number of aromatic nitrogens is 5. The summed E-state index contributed by atoms with van der Waals surface area (Å²) < 4.78 is 0. The molecule has 0 amide bonds. The molecule has 3 aromatic heterocycles. The van der Waals surface area contributed by atoms with Gasteiger partial charge >= 0.3 is 0 Å². The number of phenolic OH excluding ortho intramolecular Hbond substituents is 1. The van der Waals surface area contributed by atoms with Crippen LogP contribution in [0.15, 0.2) is 42.7 Å². The first-order chi connectivity index (χ1) is 19.6. The van der Waals surface area contributed by atoms with Crippen molar-refractivity contribution in [3.05, 3.63) is 54.0 Å². The van der Waals surface area contributed by atoms with E-state index in [1.54, 1.807) is 6.07 Å². The molecule has 8 rings (SSSR count). The van der Waals surface area contributed by atoms with Crippen LogP contribution in [0.2, 0.25) is 0 Å². The Bertz CT molecular complexity index is 1550. The van der Waals surface area contributed by atoms with Crippen molar-refractivity contribution in [3.8, 4) is 17.0 Å². The molecule has 5 heterocycles. The average molecular weight is 537 g/mol. The second-order valence-corrected chi connectivity index (χ2v) is 12.3. The van der Waals surface area contributed by atoms with E-state index in [0.29, 0.717) is 11.3 Å². The molecule has 9 nitrogen and oxygen atoms in total. The maximum atomic E-state index is 10.4. The van der Waals surface area contributed by atoms with Crippen molar-refractivity contribution in [1.29, 1.82) is 0 Å². The van der Waals surface area contributed by atoms with Gasteiger partial charge in [-0.15, -0.1) is 10.2 Å². The second kappa shape index (κ2) is 9.16. The number of anilines is 2. The normalized spacial score (nSPS) is 22.8. The molecule has 2 saturated carbocycles. The topological polar surface area (TPSA) is 97.3 Å². The second-order valence-electron chi connectivity index (χ2n) is 12.3. The lowest BCUT2D eigenvalue weighted by Crippen LogP contribution is -2.58. The first-order valence-corrected chi connectivity index (χ1v) is 14.8. The van der Waals surface area contributed by atoms with E-state index < -0.39 is 0 Å². The number of aromatic hydroxyl groups is 1. The SMILES string of the molecule is C[C@@H]1c2c([nH]c3nnc(-c4ccccc4O)cc23)CCN1c1ncc(N2CCN(C3CC4(CCC4)C3)CC2)cn1. The molecule has 1 aromatic carbocycles. The Morgan fingerprint density at radius 1 is 0.975 bits per heavy atom. The lowest BCUT2D eigenvalue weighted by molar-refractivity contribution is -0.0561. The number of H-pyrrole nitrogens is 1. The molecule has 40 heavy (non-hydrogen) atoms. The van der Waals surface area contributed by atoms with Gasteiger partial charge in [0.25, 0.3) is 0 Å². The van der Waals surface area contributed by atoms with E-state index in [1.165, 1.54) is 43.4 Å². The largest absolute Gasteiger partial charge is 0.507 e. The van der Waals surface area contributed by atoms with E-state index >= 15 is 0 Å². The highest BCUT2D eigenvalue weighted by molar-refractivity contribution is 5.86. The van der Waals surface area contributed by atoms with E-state index in [4.69, 9.17) is 9.97 Å². The summed E-state index contributed by atoms with van der Waals surface area (Å²) in [7, 11) is 0. The van der Waals surface area contributed by atoms with Crippen molar-refractivity contribution < 1.29 is 5.11 Å². The smallest absolute Gasteiger partial charge is 0.225 e. The van der Waals surface area contributed by atoms with Crippen molar-refractivity contribution in [2.75, 3.05) is 42.5 Å². The predicted molar refractivity (Wildman–Crippen MR) is 156 cm³/mol. The molecule has 9 heteroatoms. The van der Waals surface area contributed by atoms with Crippen molar-refractivity contribution in [1.82, 2.24) is 30.0 Å². The molecular weight excluding hydrogens is 500 g/mol. The van der Waals surface area contributed by atoms with Crippen LogP contribution in [0.4, 0.5) is 11.6 Å². The molecule has 3 fully saturated rings. The minimum Gasteiger partial charge on any atom is -0.507 e. The number of hydrogen-bond donors (Lipinski definition) is 2. The summed E-state index contributed by atoms with van der Waals surface area (Å²) in [5.74, 6) is 0.966. The summed E-state index contributed by atoms with van der Waals surface area (Å²) in [4.78, 5) is 20.6. The third-order valence-corrected chi connectivity index (χ3v) is 10.2. The van der Waals surface area contributed by atoms with Gasteiger partial charge in [-0.3, -0.25) is 4.90 Å². The molecule has 1 spiro atoms. The number of benzene rings is 1. The molecule has 0 radical (unpaired) electrons. The van der Waals surface area contributed by atoms with Crippen LogP contribution in [0.1, 0.15) is 56.3 Å². The Morgan fingerprint density at radius 2 is 1.75 bits per heavy atom. The predicted octanol–water partition coefficient (Wildman–Crippen LogP) is 4.70. The highest BCUT2D eigenvalue weighted by Gasteiger charge is 2.50. The van der Waals surface area contributed by atoms with Crippen molar-refractivity contribution >= 4 is 22.7 Å². The molecule has 1 saturated heterocycles. The van der Waals surface area contributed by atoms with Gasteiger partial charge in [-0.05, 0) is 56.2 Å². The van der Waals surface area contributed by atoms with Gasteiger partial charge in [-0.2, -0.15) is 0 Å². The number of piperazine rings is 1.